The van der Waals surface area contributed by atoms with Crippen LogP contribution in [0, 0.1) is 6.07 Å². The third-order valence-corrected chi connectivity index (χ3v) is 5.39. The molecule has 0 radical (unpaired) electrons. The van der Waals surface area contributed by atoms with Gasteiger partial charge in [-0.1, -0.05) is 0 Å². The molecular weight excluding hydrogens is 439 g/mol. The number of benzene rings is 2. The molecule has 0 heterocycles. The molecule has 0 saturated heterocycles. The molecule has 10 nitrogen and oxygen atoms in total. The Morgan fingerprint density at radius 3 is 1.93 bits per heavy atom. The number of hydrogen-bond acceptors (Lipinski definition) is 9. The third-order valence-electron chi connectivity index (χ3n) is 3.30. The maximum atomic E-state index is 12.6. The molecule has 0 aliphatic carbocycles. The summed E-state index contributed by atoms with van der Waals surface area (Å²) in [5.74, 6) is -2.57. The van der Waals surface area contributed by atoms with Gasteiger partial charge in [-0.25, -0.2) is 18.0 Å². The Hall–Kier alpha value is -1.96. The first-order valence-corrected chi connectivity index (χ1v) is 10.1. The van der Waals surface area contributed by atoms with Crippen LogP contribution in [-0.4, -0.2) is 47.5 Å². The summed E-state index contributed by atoms with van der Waals surface area (Å²) in [5, 5.41) is 0. The van der Waals surface area contributed by atoms with E-state index in [1.165, 1.54) is 0 Å². The molecular formula is C16H13NaO10S2. The predicted octanol–water partition coefficient (Wildman–Crippen LogP) is -1.92. The number of carbonyl (C=O) groups excluding carboxylic acids is 2. The second-order valence-corrected chi connectivity index (χ2v) is 8.05. The van der Waals surface area contributed by atoms with E-state index in [1.54, 1.807) is 0 Å². The molecule has 2 aromatic rings. The predicted molar refractivity (Wildman–Crippen MR) is 92.0 cm³/mol. The van der Waals surface area contributed by atoms with Gasteiger partial charge in [0.2, 0.25) is 10.1 Å². The van der Waals surface area contributed by atoms with Crippen molar-refractivity contribution in [3.63, 3.8) is 0 Å². The summed E-state index contributed by atoms with van der Waals surface area (Å²) in [6, 6.07) is 8.07. The molecule has 0 atom stereocenters. The number of esters is 2. The normalized spacial score (nSPS) is 11.1. The summed E-state index contributed by atoms with van der Waals surface area (Å²) in [6.45, 7) is 0. The van der Waals surface area contributed by atoms with Gasteiger partial charge in [0, 0.05) is 4.90 Å². The van der Waals surface area contributed by atoms with Gasteiger partial charge in [-0.3, -0.25) is 4.55 Å². The molecule has 2 rings (SSSR count). The summed E-state index contributed by atoms with van der Waals surface area (Å²) in [7, 11) is -7.43. The molecule has 0 spiro atoms. The van der Waals surface area contributed by atoms with Crippen molar-refractivity contribution in [3.05, 3.63) is 53.6 Å². The minimum absolute atomic E-state index is 0. The number of carbonyl (C=O) groups is 2. The first-order chi connectivity index (χ1) is 13.0. The molecule has 0 fully saturated rings. The fourth-order valence-electron chi connectivity index (χ4n) is 2.05. The van der Waals surface area contributed by atoms with Crippen LogP contribution in [0.2, 0.25) is 0 Å². The fraction of sp³-hybridized carbons (Fsp3) is 0.125. The third kappa shape index (κ3) is 6.01. The van der Waals surface area contributed by atoms with Crippen molar-refractivity contribution in [1.82, 2.24) is 0 Å². The van der Waals surface area contributed by atoms with E-state index >= 15 is 0 Å². The Morgan fingerprint density at radius 2 is 1.48 bits per heavy atom. The molecule has 0 bridgehead atoms. The molecule has 0 aliphatic heterocycles. The van der Waals surface area contributed by atoms with Gasteiger partial charge in [-0.2, -0.15) is 26.6 Å². The van der Waals surface area contributed by atoms with Gasteiger partial charge in [0.25, 0.3) is 0 Å². The summed E-state index contributed by atoms with van der Waals surface area (Å²) >= 11 is 0. The van der Waals surface area contributed by atoms with Crippen LogP contribution in [0.3, 0.4) is 0 Å². The summed E-state index contributed by atoms with van der Waals surface area (Å²) in [6.07, 6.45) is 0. The van der Waals surface area contributed by atoms with Gasteiger partial charge >= 0.3 is 51.6 Å². The van der Waals surface area contributed by atoms with Gasteiger partial charge in [0.1, 0.15) is 4.90 Å². The van der Waals surface area contributed by atoms with Crippen molar-refractivity contribution in [2.24, 2.45) is 0 Å². The van der Waals surface area contributed by atoms with Crippen LogP contribution in [-0.2, 0) is 29.7 Å². The van der Waals surface area contributed by atoms with Crippen molar-refractivity contribution >= 4 is 32.2 Å². The van der Waals surface area contributed by atoms with Crippen molar-refractivity contribution in [2.75, 3.05) is 14.2 Å². The quantitative estimate of drug-likeness (QED) is 0.173. The number of rotatable bonds is 6. The SMILES string of the molecule is COC(=O)c1cc(C(=O)OC)cc(S(=O)(=O)Oc2cc[c-]cc2S(=O)(=O)O)c1.[Na+]. The van der Waals surface area contributed by atoms with E-state index in [9.17, 15) is 31.0 Å². The Labute approximate surface area is 188 Å². The van der Waals surface area contributed by atoms with Crippen LogP contribution in [0.5, 0.6) is 5.75 Å². The Bertz CT molecular complexity index is 1110. The van der Waals surface area contributed by atoms with Gasteiger partial charge in [0.05, 0.1) is 31.1 Å². The Kier molecular flexibility index (Phi) is 8.38. The van der Waals surface area contributed by atoms with E-state index in [1.807, 2.05) is 0 Å². The van der Waals surface area contributed by atoms with Crippen LogP contribution in [0.25, 0.3) is 0 Å². The zero-order valence-corrected chi connectivity index (χ0v) is 19.0. The van der Waals surface area contributed by atoms with Crippen LogP contribution < -0.4 is 33.7 Å². The van der Waals surface area contributed by atoms with Gasteiger partial charge in [-0.05, 0) is 18.2 Å². The van der Waals surface area contributed by atoms with Gasteiger partial charge in [0.15, 0.2) is 0 Å². The van der Waals surface area contributed by atoms with Crippen LogP contribution in [0.1, 0.15) is 20.7 Å². The Morgan fingerprint density at radius 1 is 0.966 bits per heavy atom. The largest absolute Gasteiger partial charge is 1.00 e. The molecule has 1 N–H and O–H groups in total. The minimum Gasteiger partial charge on any atom is -0.465 e. The summed E-state index contributed by atoms with van der Waals surface area (Å²) < 4.78 is 70.9. The van der Waals surface area contributed by atoms with E-state index in [2.05, 4.69) is 15.5 Å². The van der Waals surface area contributed by atoms with Crippen LogP contribution in [0.15, 0.2) is 46.2 Å². The topological polar surface area (TPSA) is 150 Å². The van der Waals surface area contributed by atoms with Crippen LogP contribution >= 0.6 is 0 Å². The number of hydrogen-bond donors (Lipinski definition) is 1. The van der Waals surface area contributed by atoms with E-state index in [4.69, 9.17) is 4.18 Å². The van der Waals surface area contributed by atoms with Crippen molar-refractivity contribution in [1.29, 1.82) is 0 Å². The summed E-state index contributed by atoms with van der Waals surface area (Å²) in [5.41, 5.74) is -0.576. The van der Waals surface area contributed by atoms with E-state index < -0.39 is 47.7 Å². The molecule has 29 heavy (non-hydrogen) atoms. The summed E-state index contributed by atoms with van der Waals surface area (Å²) in [4.78, 5) is 22.1. The maximum absolute atomic E-state index is 12.6. The smallest absolute Gasteiger partial charge is 0.465 e. The first kappa shape index (κ1) is 25.1. The molecule has 0 aliphatic rings. The standard InChI is InChI=1S/C16H13O10S2.Na/c1-24-15(17)10-7-11(16(18)25-2)9-12(8-10)28(22,23)26-13-5-3-4-6-14(13)27(19,20)21;/h3,5-9H,1-2H3,(H,19,20,21);/q-1;+1. The molecule has 0 unspecified atom stereocenters. The fourth-order valence-corrected chi connectivity index (χ4v) is 3.71. The van der Waals surface area contributed by atoms with E-state index in [0.29, 0.717) is 0 Å². The van der Waals surface area contributed by atoms with Crippen molar-refractivity contribution < 1.29 is 74.2 Å². The molecule has 13 heteroatoms. The van der Waals surface area contributed by atoms with Gasteiger partial charge in [-0.15, -0.1) is 6.07 Å². The molecule has 0 amide bonds. The number of methoxy groups -OCH3 is 2. The molecule has 150 valence electrons. The van der Waals surface area contributed by atoms with Crippen molar-refractivity contribution in [2.45, 2.75) is 9.79 Å². The molecule has 0 saturated carbocycles. The Balaban J connectivity index is 0.00000420. The van der Waals surface area contributed by atoms with Gasteiger partial charge < -0.3 is 13.7 Å². The average molecular weight is 452 g/mol. The second-order valence-electron chi connectivity index (χ2n) is 5.11. The van der Waals surface area contributed by atoms with E-state index in [-0.39, 0.29) is 40.7 Å². The number of ether oxygens (including phenoxy) is 2. The van der Waals surface area contributed by atoms with Crippen LogP contribution in [0.4, 0.5) is 0 Å². The first-order valence-electron chi connectivity index (χ1n) is 7.23. The minimum atomic E-state index is -4.81. The second kappa shape index (κ2) is 9.69. The average Bonchev–Trinajstić information content (AvgIpc) is 2.65. The monoisotopic (exact) mass is 452 g/mol. The van der Waals surface area contributed by atoms with Crippen molar-refractivity contribution in [3.8, 4) is 5.75 Å². The zero-order valence-electron chi connectivity index (χ0n) is 15.4. The molecule has 0 aromatic heterocycles. The van der Waals surface area contributed by atoms with E-state index in [0.717, 1.165) is 50.6 Å². The zero-order chi connectivity index (χ0) is 21.1. The maximum Gasteiger partial charge on any atom is 1.00 e. The molecule has 2 aromatic carbocycles.